The summed E-state index contributed by atoms with van der Waals surface area (Å²) in [6, 6.07) is 5.37. The summed E-state index contributed by atoms with van der Waals surface area (Å²) < 4.78 is 37.0. The Morgan fingerprint density at radius 1 is 1.31 bits per heavy atom. The zero-order chi connectivity index (χ0) is 11.6. The molecule has 0 amide bonds. The molecule has 0 fully saturated rings. The van der Waals surface area contributed by atoms with Gasteiger partial charge in [0.15, 0.2) is 9.84 Å². The molecule has 1 heterocycles. The first kappa shape index (κ1) is 11.2. The second-order valence-electron chi connectivity index (χ2n) is 3.16. The van der Waals surface area contributed by atoms with Gasteiger partial charge in [0.25, 0.3) is 0 Å². The first-order valence-corrected chi connectivity index (χ1v) is 6.97. The molecule has 0 radical (unpaired) electrons. The lowest BCUT2D eigenvalue weighted by atomic mass is 10.3. The third-order valence-electron chi connectivity index (χ3n) is 1.99. The lowest BCUT2D eigenvalue weighted by molar-refractivity contribution is 0.566. The number of rotatable bonds is 3. The lowest BCUT2D eigenvalue weighted by Crippen LogP contribution is -2.06. The number of benzene rings is 1. The quantitative estimate of drug-likeness (QED) is 0.847. The van der Waals surface area contributed by atoms with Crippen molar-refractivity contribution in [2.24, 2.45) is 0 Å². The van der Waals surface area contributed by atoms with Crippen molar-refractivity contribution in [2.75, 3.05) is 0 Å². The molecule has 2 aromatic rings. The molecule has 0 aliphatic rings. The summed E-state index contributed by atoms with van der Waals surface area (Å²) in [6.07, 6.45) is 1.48. The highest BCUT2D eigenvalue weighted by Crippen LogP contribution is 2.20. The van der Waals surface area contributed by atoms with E-state index in [0.717, 1.165) is 6.07 Å². The summed E-state index contributed by atoms with van der Waals surface area (Å²) in [5.41, 5.74) is 1.55. The normalized spacial score (nSPS) is 11.6. The Morgan fingerprint density at radius 3 is 2.69 bits per heavy atom. The van der Waals surface area contributed by atoms with Gasteiger partial charge in [0.1, 0.15) is 10.7 Å². The maximum Gasteiger partial charge on any atom is 0.186 e. The Kier molecular flexibility index (Phi) is 3.02. The molecule has 0 unspecified atom stereocenters. The van der Waals surface area contributed by atoms with Gasteiger partial charge in [0.05, 0.1) is 11.3 Å². The summed E-state index contributed by atoms with van der Waals surface area (Å²) in [4.78, 5) is 4.12. The second kappa shape index (κ2) is 4.31. The molecular formula is C10H8FNO2S2. The van der Waals surface area contributed by atoms with Gasteiger partial charge in [0.2, 0.25) is 0 Å². The fraction of sp³-hybridized carbons (Fsp3) is 0.100. The van der Waals surface area contributed by atoms with Crippen LogP contribution in [-0.4, -0.2) is 13.4 Å². The van der Waals surface area contributed by atoms with E-state index in [1.165, 1.54) is 35.7 Å². The molecule has 2 rings (SSSR count). The lowest BCUT2D eigenvalue weighted by Gasteiger charge is -2.03. The summed E-state index contributed by atoms with van der Waals surface area (Å²) >= 11 is 1.24. The Morgan fingerprint density at radius 2 is 2.06 bits per heavy atom. The summed E-state index contributed by atoms with van der Waals surface area (Å²) in [5, 5.41) is 0. The number of hydrogen-bond donors (Lipinski definition) is 0. The number of aromatic nitrogens is 1. The van der Waals surface area contributed by atoms with Gasteiger partial charge in [-0.15, -0.1) is 11.3 Å². The minimum Gasteiger partial charge on any atom is -0.253 e. The van der Waals surface area contributed by atoms with E-state index in [4.69, 9.17) is 0 Å². The topological polar surface area (TPSA) is 47.0 Å². The van der Waals surface area contributed by atoms with Crippen molar-refractivity contribution >= 4 is 21.2 Å². The molecule has 1 aromatic heterocycles. The number of nitrogens with zero attached hydrogens (tertiary/aromatic N) is 1. The largest absolute Gasteiger partial charge is 0.253 e. The minimum absolute atomic E-state index is 0.210. The van der Waals surface area contributed by atoms with Gasteiger partial charge < -0.3 is 0 Å². The van der Waals surface area contributed by atoms with Crippen molar-refractivity contribution in [1.82, 2.24) is 4.98 Å². The summed E-state index contributed by atoms with van der Waals surface area (Å²) in [6.45, 7) is 0. The predicted octanol–water partition coefficient (Wildman–Crippen LogP) is 2.26. The standard InChI is InChI=1S/C10H8FNO2S2/c11-9-3-1-2-4-10(9)16(13,14)6-8-5-12-7-15-8/h1-5,7H,6H2. The molecule has 0 aliphatic carbocycles. The van der Waals surface area contributed by atoms with Crippen LogP contribution in [0.25, 0.3) is 0 Å². The van der Waals surface area contributed by atoms with Crippen LogP contribution in [0.2, 0.25) is 0 Å². The van der Waals surface area contributed by atoms with Crippen molar-refractivity contribution in [1.29, 1.82) is 0 Å². The maximum absolute atomic E-state index is 13.3. The smallest absolute Gasteiger partial charge is 0.186 e. The van der Waals surface area contributed by atoms with E-state index >= 15 is 0 Å². The SMILES string of the molecule is O=S(=O)(Cc1cncs1)c1ccccc1F. The van der Waals surface area contributed by atoms with Crippen LogP contribution in [0.5, 0.6) is 0 Å². The van der Waals surface area contributed by atoms with Crippen LogP contribution in [-0.2, 0) is 15.6 Å². The van der Waals surface area contributed by atoms with Gasteiger partial charge in [-0.1, -0.05) is 12.1 Å². The number of halogens is 1. The average molecular weight is 257 g/mol. The van der Waals surface area contributed by atoms with Gasteiger partial charge in [-0.2, -0.15) is 0 Å². The highest BCUT2D eigenvalue weighted by molar-refractivity contribution is 7.90. The van der Waals surface area contributed by atoms with E-state index in [0.29, 0.717) is 4.88 Å². The predicted molar refractivity (Wildman–Crippen MR) is 59.4 cm³/mol. The molecule has 0 saturated heterocycles. The van der Waals surface area contributed by atoms with E-state index in [2.05, 4.69) is 4.98 Å². The fourth-order valence-corrected chi connectivity index (χ4v) is 3.65. The van der Waals surface area contributed by atoms with Crippen LogP contribution in [0.1, 0.15) is 4.88 Å². The minimum atomic E-state index is -3.62. The first-order valence-electron chi connectivity index (χ1n) is 4.44. The Balaban J connectivity index is 2.37. The highest BCUT2D eigenvalue weighted by Gasteiger charge is 2.19. The van der Waals surface area contributed by atoms with Crippen molar-refractivity contribution in [2.45, 2.75) is 10.6 Å². The average Bonchev–Trinajstić information content (AvgIpc) is 2.70. The molecule has 16 heavy (non-hydrogen) atoms. The zero-order valence-electron chi connectivity index (χ0n) is 8.13. The maximum atomic E-state index is 13.3. The van der Waals surface area contributed by atoms with Crippen LogP contribution >= 0.6 is 11.3 Å². The van der Waals surface area contributed by atoms with E-state index in [-0.39, 0.29) is 10.6 Å². The first-order chi connectivity index (χ1) is 7.59. The molecule has 6 heteroatoms. The number of thiazole rings is 1. The third-order valence-corrected chi connectivity index (χ3v) is 4.64. The van der Waals surface area contributed by atoms with E-state index in [1.54, 1.807) is 5.51 Å². The van der Waals surface area contributed by atoms with Crippen LogP contribution in [0.4, 0.5) is 4.39 Å². The van der Waals surface area contributed by atoms with Gasteiger partial charge in [-0.25, -0.2) is 12.8 Å². The third kappa shape index (κ3) is 2.28. The second-order valence-corrected chi connectivity index (χ2v) is 6.09. The van der Waals surface area contributed by atoms with Crippen molar-refractivity contribution in [3.63, 3.8) is 0 Å². The van der Waals surface area contributed by atoms with Crippen LogP contribution in [0.3, 0.4) is 0 Å². The van der Waals surface area contributed by atoms with Crippen molar-refractivity contribution in [3.05, 3.63) is 46.7 Å². The molecule has 3 nitrogen and oxygen atoms in total. The van der Waals surface area contributed by atoms with Gasteiger partial charge in [-0.05, 0) is 12.1 Å². The van der Waals surface area contributed by atoms with E-state index in [1.807, 2.05) is 0 Å². The molecular weight excluding hydrogens is 249 g/mol. The van der Waals surface area contributed by atoms with Crippen molar-refractivity contribution < 1.29 is 12.8 Å². The molecule has 0 spiro atoms. The summed E-state index contributed by atoms with van der Waals surface area (Å²) in [7, 11) is -3.62. The molecule has 0 saturated carbocycles. The molecule has 0 N–H and O–H groups in total. The van der Waals surface area contributed by atoms with Crippen LogP contribution < -0.4 is 0 Å². The monoisotopic (exact) mass is 257 g/mol. The van der Waals surface area contributed by atoms with E-state index < -0.39 is 15.7 Å². The molecule has 1 aromatic carbocycles. The number of hydrogen-bond acceptors (Lipinski definition) is 4. The van der Waals surface area contributed by atoms with Gasteiger partial charge in [-0.3, -0.25) is 4.98 Å². The fourth-order valence-electron chi connectivity index (χ4n) is 1.28. The Hall–Kier alpha value is -1.27. The molecule has 0 atom stereocenters. The Labute approximate surface area is 96.5 Å². The molecule has 0 bridgehead atoms. The van der Waals surface area contributed by atoms with Crippen molar-refractivity contribution in [3.8, 4) is 0 Å². The van der Waals surface area contributed by atoms with Crippen LogP contribution in [0.15, 0.2) is 40.9 Å². The van der Waals surface area contributed by atoms with Gasteiger partial charge in [0, 0.05) is 11.1 Å². The van der Waals surface area contributed by atoms with Crippen LogP contribution in [0, 0.1) is 5.82 Å². The molecule has 0 aliphatic heterocycles. The number of sulfone groups is 1. The summed E-state index contributed by atoms with van der Waals surface area (Å²) in [5.74, 6) is -0.925. The zero-order valence-corrected chi connectivity index (χ0v) is 9.76. The molecule has 84 valence electrons. The van der Waals surface area contributed by atoms with E-state index in [9.17, 15) is 12.8 Å². The Bertz CT molecular complexity index is 579. The van der Waals surface area contributed by atoms with Gasteiger partial charge >= 0.3 is 0 Å². The highest BCUT2D eigenvalue weighted by atomic mass is 32.2.